The van der Waals surface area contributed by atoms with Gasteiger partial charge in [0, 0.05) is 11.8 Å². The summed E-state index contributed by atoms with van der Waals surface area (Å²) in [6.45, 7) is 4.00. The van der Waals surface area contributed by atoms with Gasteiger partial charge in [0.05, 0.1) is 6.04 Å². The first-order chi connectivity index (χ1) is 10.7. The Morgan fingerprint density at radius 1 is 1.18 bits per heavy atom. The predicted molar refractivity (Wildman–Crippen MR) is 84.7 cm³/mol. The van der Waals surface area contributed by atoms with Crippen LogP contribution in [0.2, 0.25) is 0 Å². The Morgan fingerprint density at radius 3 is 2.68 bits per heavy atom. The van der Waals surface area contributed by atoms with Gasteiger partial charge in [-0.25, -0.2) is 0 Å². The standard InChI is InChI=1S/C17H18N4O/c1-3-13-7-9-14(10-8-13)17(22)18-12(2)16-20-19-15-6-4-5-11-21(15)16/h4-12H,3H2,1-2H3,(H,18,22)/t12-/m1/s1. The lowest BCUT2D eigenvalue weighted by atomic mass is 10.1. The van der Waals surface area contributed by atoms with Gasteiger partial charge in [0.1, 0.15) is 0 Å². The van der Waals surface area contributed by atoms with Crippen molar-refractivity contribution in [2.45, 2.75) is 26.3 Å². The molecule has 112 valence electrons. The number of pyridine rings is 1. The number of nitrogens with zero attached hydrogens (tertiary/aromatic N) is 3. The average molecular weight is 294 g/mol. The zero-order valence-electron chi connectivity index (χ0n) is 12.7. The Morgan fingerprint density at radius 2 is 1.95 bits per heavy atom. The molecule has 0 radical (unpaired) electrons. The molecule has 0 aliphatic heterocycles. The van der Waals surface area contributed by atoms with Crippen LogP contribution in [-0.4, -0.2) is 20.5 Å². The molecule has 2 heterocycles. The van der Waals surface area contributed by atoms with Crippen LogP contribution < -0.4 is 5.32 Å². The molecule has 0 unspecified atom stereocenters. The number of aryl methyl sites for hydroxylation is 1. The highest BCUT2D eigenvalue weighted by Gasteiger charge is 2.16. The van der Waals surface area contributed by atoms with Crippen molar-refractivity contribution in [3.05, 3.63) is 65.6 Å². The van der Waals surface area contributed by atoms with Crippen LogP contribution in [0.3, 0.4) is 0 Å². The minimum Gasteiger partial charge on any atom is -0.342 e. The third-order valence-corrected chi connectivity index (χ3v) is 3.70. The first-order valence-corrected chi connectivity index (χ1v) is 7.38. The largest absolute Gasteiger partial charge is 0.342 e. The third-order valence-electron chi connectivity index (χ3n) is 3.70. The minimum absolute atomic E-state index is 0.108. The maximum Gasteiger partial charge on any atom is 0.251 e. The van der Waals surface area contributed by atoms with E-state index in [2.05, 4.69) is 22.4 Å². The van der Waals surface area contributed by atoms with Crippen molar-refractivity contribution < 1.29 is 4.79 Å². The second-order valence-electron chi connectivity index (χ2n) is 5.23. The lowest BCUT2D eigenvalue weighted by Gasteiger charge is -2.12. The van der Waals surface area contributed by atoms with Gasteiger partial charge in [-0.05, 0) is 43.2 Å². The van der Waals surface area contributed by atoms with Gasteiger partial charge in [-0.15, -0.1) is 10.2 Å². The number of nitrogens with one attached hydrogen (secondary N) is 1. The molecule has 5 heteroatoms. The number of benzene rings is 1. The normalized spacial score (nSPS) is 12.3. The molecular formula is C17H18N4O. The SMILES string of the molecule is CCc1ccc(C(=O)N[C@H](C)c2nnc3ccccn23)cc1. The van der Waals surface area contributed by atoms with Crippen LogP contribution in [0.25, 0.3) is 5.65 Å². The predicted octanol–water partition coefficient (Wildman–Crippen LogP) is 2.78. The van der Waals surface area contributed by atoms with E-state index >= 15 is 0 Å². The molecule has 0 saturated carbocycles. The summed E-state index contributed by atoms with van der Waals surface area (Å²) in [6, 6.07) is 13.1. The van der Waals surface area contributed by atoms with Crippen molar-refractivity contribution in [2.24, 2.45) is 0 Å². The molecule has 3 aromatic rings. The van der Waals surface area contributed by atoms with Crippen LogP contribution in [0.5, 0.6) is 0 Å². The second-order valence-corrected chi connectivity index (χ2v) is 5.23. The molecule has 0 aliphatic rings. The second kappa shape index (κ2) is 5.97. The molecule has 1 atom stereocenters. The van der Waals surface area contributed by atoms with Crippen molar-refractivity contribution in [3.8, 4) is 0 Å². The van der Waals surface area contributed by atoms with Crippen LogP contribution in [0.1, 0.15) is 41.6 Å². The molecule has 2 aromatic heterocycles. The fraction of sp³-hybridized carbons (Fsp3) is 0.235. The molecule has 3 rings (SSSR count). The number of fused-ring (bicyclic) bond motifs is 1. The summed E-state index contributed by atoms with van der Waals surface area (Å²) in [5, 5.41) is 11.2. The summed E-state index contributed by atoms with van der Waals surface area (Å²) in [5.41, 5.74) is 2.64. The molecule has 0 aliphatic carbocycles. The van der Waals surface area contributed by atoms with E-state index in [-0.39, 0.29) is 11.9 Å². The molecule has 0 saturated heterocycles. The summed E-state index contributed by atoms with van der Waals surface area (Å²) in [5.74, 6) is 0.608. The van der Waals surface area contributed by atoms with Crippen molar-refractivity contribution in [2.75, 3.05) is 0 Å². The summed E-state index contributed by atoms with van der Waals surface area (Å²) >= 11 is 0. The van der Waals surface area contributed by atoms with Crippen molar-refractivity contribution in [3.63, 3.8) is 0 Å². The van der Waals surface area contributed by atoms with E-state index in [0.29, 0.717) is 11.4 Å². The van der Waals surface area contributed by atoms with Crippen LogP contribution in [0.15, 0.2) is 48.7 Å². The van der Waals surface area contributed by atoms with E-state index < -0.39 is 0 Å². The Labute approximate surface area is 129 Å². The van der Waals surface area contributed by atoms with Gasteiger partial charge < -0.3 is 5.32 Å². The Bertz CT molecular complexity index is 792. The smallest absolute Gasteiger partial charge is 0.251 e. The molecule has 1 aromatic carbocycles. The number of amides is 1. The van der Waals surface area contributed by atoms with Crippen LogP contribution in [0, 0.1) is 0 Å². The molecule has 1 N–H and O–H groups in total. The highest BCUT2D eigenvalue weighted by atomic mass is 16.1. The summed E-state index contributed by atoms with van der Waals surface area (Å²) in [7, 11) is 0. The molecule has 0 spiro atoms. The van der Waals surface area contributed by atoms with Crippen LogP contribution >= 0.6 is 0 Å². The molecule has 22 heavy (non-hydrogen) atoms. The highest BCUT2D eigenvalue weighted by molar-refractivity contribution is 5.94. The van der Waals surface area contributed by atoms with E-state index in [4.69, 9.17) is 0 Å². The lowest BCUT2D eigenvalue weighted by Crippen LogP contribution is -2.28. The van der Waals surface area contributed by atoms with Crippen molar-refractivity contribution in [1.82, 2.24) is 19.9 Å². The number of hydrogen-bond acceptors (Lipinski definition) is 3. The molecule has 0 fully saturated rings. The van der Waals surface area contributed by atoms with Gasteiger partial charge in [-0.3, -0.25) is 9.20 Å². The fourth-order valence-electron chi connectivity index (χ4n) is 2.39. The summed E-state index contributed by atoms with van der Waals surface area (Å²) < 4.78 is 1.88. The Balaban J connectivity index is 1.78. The van der Waals surface area contributed by atoms with Gasteiger partial charge in [0.15, 0.2) is 11.5 Å². The number of hydrogen-bond donors (Lipinski definition) is 1. The first-order valence-electron chi connectivity index (χ1n) is 7.38. The first kappa shape index (κ1) is 14.3. The van der Waals surface area contributed by atoms with E-state index in [1.54, 1.807) is 0 Å². The maximum atomic E-state index is 12.3. The number of aromatic nitrogens is 3. The van der Waals surface area contributed by atoms with E-state index in [1.807, 2.05) is 60.0 Å². The fourth-order valence-corrected chi connectivity index (χ4v) is 2.39. The summed E-state index contributed by atoms with van der Waals surface area (Å²) in [6.07, 6.45) is 2.85. The topological polar surface area (TPSA) is 59.3 Å². The average Bonchev–Trinajstić information content (AvgIpc) is 2.99. The van der Waals surface area contributed by atoms with Crippen molar-refractivity contribution in [1.29, 1.82) is 0 Å². The van der Waals surface area contributed by atoms with Crippen LogP contribution in [0.4, 0.5) is 0 Å². The zero-order valence-corrected chi connectivity index (χ0v) is 12.7. The van der Waals surface area contributed by atoms with Gasteiger partial charge in [-0.2, -0.15) is 0 Å². The summed E-state index contributed by atoms with van der Waals surface area (Å²) in [4.78, 5) is 12.3. The minimum atomic E-state index is -0.226. The number of carbonyl (C=O) groups excluding carboxylic acids is 1. The maximum absolute atomic E-state index is 12.3. The van der Waals surface area contributed by atoms with Gasteiger partial charge in [0.25, 0.3) is 5.91 Å². The molecule has 0 bridgehead atoms. The third kappa shape index (κ3) is 2.70. The Kier molecular flexibility index (Phi) is 3.87. The lowest BCUT2D eigenvalue weighted by molar-refractivity contribution is 0.0938. The van der Waals surface area contributed by atoms with E-state index in [9.17, 15) is 4.79 Å². The molecular weight excluding hydrogens is 276 g/mol. The molecule has 1 amide bonds. The van der Waals surface area contributed by atoms with Gasteiger partial charge in [0.2, 0.25) is 0 Å². The highest BCUT2D eigenvalue weighted by Crippen LogP contribution is 2.13. The van der Waals surface area contributed by atoms with Crippen LogP contribution in [-0.2, 0) is 6.42 Å². The van der Waals surface area contributed by atoms with Crippen molar-refractivity contribution >= 4 is 11.6 Å². The van der Waals surface area contributed by atoms with Gasteiger partial charge in [-0.1, -0.05) is 25.1 Å². The zero-order chi connectivity index (χ0) is 15.5. The molecule has 5 nitrogen and oxygen atoms in total. The van der Waals surface area contributed by atoms with E-state index in [0.717, 1.165) is 12.1 Å². The van der Waals surface area contributed by atoms with E-state index in [1.165, 1.54) is 5.56 Å². The number of rotatable bonds is 4. The number of carbonyl (C=O) groups is 1. The monoisotopic (exact) mass is 294 g/mol. The van der Waals surface area contributed by atoms with Gasteiger partial charge >= 0.3 is 0 Å². The Hall–Kier alpha value is -2.69. The quantitative estimate of drug-likeness (QED) is 0.805.